The first-order chi connectivity index (χ1) is 9.39. The minimum atomic E-state index is -0.836. The van der Waals surface area contributed by atoms with Crippen LogP contribution >= 0.6 is 0 Å². The highest BCUT2D eigenvalue weighted by Gasteiger charge is 2.29. The average Bonchev–Trinajstić information content (AvgIpc) is 2.38. The first-order valence-electron chi connectivity index (χ1n) is 7.45. The molecule has 3 N–H and O–H groups in total. The molecule has 1 saturated carbocycles. The number of nitrogens with two attached hydrogens (primary N) is 1. The van der Waals surface area contributed by atoms with Gasteiger partial charge in [0, 0.05) is 6.04 Å². The van der Waals surface area contributed by atoms with Gasteiger partial charge < -0.3 is 10.8 Å². The molecule has 1 atom stereocenters. The van der Waals surface area contributed by atoms with Crippen LogP contribution in [0.5, 0.6) is 0 Å². The topological polar surface area (TPSA) is 63.3 Å². The lowest BCUT2D eigenvalue weighted by Gasteiger charge is -2.35. The van der Waals surface area contributed by atoms with Gasteiger partial charge in [0.1, 0.15) is 0 Å². The third-order valence-corrected chi connectivity index (χ3v) is 4.57. The van der Waals surface area contributed by atoms with Crippen LogP contribution in [0.4, 0.5) is 0 Å². The van der Waals surface area contributed by atoms with E-state index in [0.717, 1.165) is 5.56 Å². The summed E-state index contributed by atoms with van der Waals surface area (Å²) in [4.78, 5) is 10.9. The molecule has 0 spiro atoms. The fourth-order valence-corrected chi connectivity index (χ4v) is 3.23. The molecule has 0 aliphatic heterocycles. The molecule has 0 heterocycles. The number of benzene rings is 1. The lowest BCUT2D eigenvalue weighted by atomic mass is 9.70. The van der Waals surface area contributed by atoms with Crippen LogP contribution in [0.25, 0.3) is 0 Å². The van der Waals surface area contributed by atoms with Gasteiger partial charge in [0.2, 0.25) is 0 Å². The number of hydrogen-bond acceptors (Lipinski definition) is 2. The molecule has 0 bridgehead atoms. The molecule has 0 saturated heterocycles. The van der Waals surface area contributed by atoms with E-state index in [1.807, 2.05) is 18.2 Å². The summed E-state index contributed by atoms with van der Waals surface area (Å²) in [5.74, 6) is -0.309. The van der Waals surface area contributed by atoms with Gasteiger partial charge in [-0.2, -0.15) is 0 Å². The maximum atomic E-state index is 10.9. The van der Waals surface area contributed by atoms with Crippen molar-refractivity contribution >= 4 is 5.97 Å². The second-order valence-corrected chi connectivity index (χ2v) is 6.77. The molecular weight excluding hydrogens is 250 g/mol. The molecule has 0 radical (unpaired) electrons. The molecule has 1 aromatic rings. The molecule has 2 rings (SSSR count). The van der Waals surface area contributed by atoms with E-state index < -0.39 is 12.0 Å². The third-order valence-electron chi connectivity index (χ3n) is 4.57. The van der Waals surface area contributed by atoms with Crippen molar-refractivity contribution < 1.29 is 9.90 Å². The number of carboxylic acids is 1. The number of carboxylic acid groups (broad SMARTS) is 1. The first kappa shape index (κ1) is 15.0. The van der Waals surface area contributed by atoms with E-state index in [0.29, 0.717) is 11.3 Å². The second kappa shape index (κ2) is 5.96. The van der Waals surface area contributed by atoms with Gasteiger partial charge in [-0.15, -0.1) is 0 Å². The smallest absolute Gasteiger partial charge is 0.305 e. The van der Waals surface area contributed by atoms with Crippen LogP contribution in [0.1, 0.15) is 69.0 Å². The van der Waals surface area contributed by atoms with E-state index in [1.165, 1.54) is 31.2 Å². The third kappa shape index (κ3) is 3.60. The van der Waals surface area contributed by atoms with E-state index in [9.17, 15) is 4.79 Å². The number of carbonyl (C=O) groups is 1. The maximum absolute atomic E-state index is 10.9. The van der Waals surface area contributed by atoms with Crippen molar-refractivity contribution in [1.82, 2.24) is 0 Å². The van der Waals surface area contributed by atoms with Gasteiger partial charge in [0.25, 0.3) is 0 Å². The highest BCUT2D eigenvalue weighted by molar-refractivity contribution is 5.68. The van der Waals surface area contributed by atoms with Crippen molar-refractivity contribution in [2.24, 2.45) is 11.1 Å². The summed E-state index contributed by atoms with van der Waals surface area (Å²) in [5, 5.41) is 8.94. The Morgan fingerprint density at radius 1 is 1.35 bits per heavy atom. The van der Waals surface area contributed by atoms with Crippen LogP contribution in [0.2, 0.25) is 0 Å². The predicted octanol–water partition coefficient (Wildman–Crippen LogP) is 3.84. The standard InChI is InChI=1S/C17H25NO2/c1-17(2)9-7-12(8-10-17)13-5-3-4-6-14(13)15(18)11-16(19)20/h3-6,12,15H,7-11,18H2,1-2H3,(H,19,20). The minimum Gasteiger partial charge on any atom is -0.481 e. The Morgan fingerprint density at radius 3 is 2.55 bits per heavy atom. The zero-order valence-corrected chi connectivity index (χ0v) is 12.4. The molecule has 20 heavy (non-hydrogen) atoms. The zero-order chi connectivity index (χ0) is 14.8. The first-order valence-corrected chi connectivity index (χ1v) is 7.45. The summed E-state index contributed by atoms with van der Waals surface area (Å²) in [5.41, 5.74) is 8.79. The van der Waals surface area contributed by atoms with E-state index in [-0.39, 0.29) is 6.42 Å². The summed E-state index contributed by atoms with van der Waals surface area (Å²) >= 11 is 0. The molecule has 110 valence electrons. The average molecular weight is 275 g/mol. The highest BCUT2D eigenvalue weighted by atomic mass is 16.4. The van der Waals surface area contributed by atoms with E-state index in [4.69, 9.17) is 10.8 Å². The van der Waals surface area contributed by atoms with Gasteiger partial charge in [-0.05, 0) is 48.1 Å². The molecule has 3 heteroatoms. The van der Waals surface area contributed by atoms with Crippen molar-refractivity contribution in [3.63, 3.8) is 0 Å². The molecule has 1 aliphatic carbocycles. The SMILES string of the molecule is CC1(C)CCC(c2ccccc2C(N)CC(=O)O)CC1. The van der Waals surface area contributed by atoms with Crippen molar-refractivity contribution in [3.05, 3.63) is 35.4 Å². The van der Waals surface area contributed by atoms with Crippen molar-refractivity contribution in [2.45, 2.75) is 57.9 Å². The van der Waals surface area contributed by atoms with Gasteiger partial charge >= 0.3 is 5.97 Å². The fraction of sp³-hybridized carbons (Fsp3) is 0.588. The van der Waals surface area contributed by atoms with Crippen LogP contribution in [0.15, 0.2) is 24.3 Å². The summed E-state index contributed by atoms with van der Waals surface area (Å²) < 4.78 is 0. The quantitative estimate of drug-likeness (QED) is 0.877. The van der Waals surface area contributed by atoms with Gasteiger partial charge in [-0.25, -0.2) is 0 Å². The van der Waals surface area contributed by atoms with E-state index in [1.54, 1.807) is 0 Å². The molecule has 3 nitrogen and oxygen atoms in total. The Labute approximate surface area is 121 Å². The van der Waals surface area contributed by atoms with Gasteiger partial charge in [0.15, 0.2) is 0 Å². The van der Waals surface area contributed by atoms with Crippen molar-refractivity contribution in [2.75, 3.05) is 0 Å². The second-order valence-electron chi connectivity index (χ2n) is 6.77. The van der Waals surface area contributed by atoms with E-state index in [2.05, 4.69) is 19.9 Å². The largest absolute Gasteiger partial charge is 0.481 e. The van der Waals surface area contributed by atoms with Crippen molar-refractivity contribution in [1.29, 1.82) is 0 Å². The Hall–Kier alpha value is -1.35. The molecule has 1 aliphatic rings. The number of aliphatic carboxylic acids is 1. The van der Waals surface area contributed by atoms with Crippen LogP contribution in [0, 0.1) is 5.41 Å². The van der Waals surface area contributed by atoms with E-state index >= 15 is 0 Å². The fourth-order valence-electron chi connectivity index (χ4n) is 3.23. The monoisotopic (exact) mass is 275 g/mol. The predicted molar refractivity (Wildman–Crippen MR) is 80.6 cm³/mol. The maximum Gasteiger partial charge on any atom is 0.305 e. The Morgan fingerprint density at radius 2 is 1.95 bits per heavy atom. The lowest BCUT2D eigenvalue weighted by Crippen LogP contribution is -2.23. The van der Waals surface area contributed by atoms with Crippen LogP contribution in [-0.4, -0.2) is 11.1 Å². The Kier molecular flexibility index (Phi) is 4.48. The zero-order valence-electron chi connectivity index (χ0n) is 12.4. The van der Waals surface area contributed by atoms with Gasteiger partial charge in [0.05, 0.1) is 6.42 Å². The molecule has 0 amide bonds. The Bertz CT molecular complexity index is 472. The minimum absolute atomic E-state index is 0.00474. The molecular formula is C17H25NO2. The Balaban J connectivity index is 2.18. The van der Waals surface area contributed by atoms with Crippen molar-refractivity contribution in [3.8, 4) is 0 Å². The van der Waals surface area contributed by atoms with Gasteiger partial charge in [-0.1, -0.05) is 38.1 Å². The number of rotatable bonds is 4. The molecule has 0 aromatic heterocycles. The summed E-state index contributed by atoms with van der Waals surface area (Å²) in [7, 11) is 0. The normalized spacial score (nSPS) is 20.6. The summed E-state index contributed by atoms with van der Waals surface area (Å²) in [6.07, 6.45) is 4.78. The van der Waals surface area contributed by atoms with Crippen LogP contribution in [0.3, 0.4) is 0 Å². The lowest BCUT2D eigenvalue weighted by molar-refractivity contribution is -0.137. The number of hydrogen-bond donors (Lipinski definition) is 2. The molecule has 1 unspecified atom stereocenters. The molecule has 1 aromatic carbocycles. The van der Waals surface area contributed by atoms with Crippen LogP contribution < -0.4 is 5.73 Å². The highest BCUT2D eigenvalue weighted by Crippen LogP contribution is 2.43. The molecule has 1 fully saturated rings. The van der Waals surface area contributed by atoms with Gasteiger partial charge in [-0.3, -0.25) is 4.79 Å². The summed E-state index contributed by atoms with van der Waals surface area (Å²) in [6.45, 7) is 4.65. The van der Waals surface area contributed by atoms with Crippen LogP contribution in [-0.2, 0) is 4.79 Å². The summed E-state index contributed by atoms with van der Waals surface area (Å²) in [6, 6.07) is 7.70.